The van der Waals surface area contributed by atoms with Crippen LogP contribution in [-0.2, 0) is 98.1 Å². The van der Waals surface area contributed by atoms with Crippen LogP contribution in [0.3, 0.4) is 0 Å². The summed E-state index contributed by atoms with van der Waals surface area (Å²) in [5, 5.41) is 0. The molecule has 4 heterocycles. The minimum atomic E-state index is -0.182. The summed E-state index contributed by atoms with van der Waals surface area (Å²) in [7, 11) is 0. The summed E-state index contributed by atoms with van der Waals surface area (Å²) in [4.78, 5) is 9.43. The van der Waals surface area contributed by atoms with Gasteiger partial charge in [-0.25, -0.2) is 5.46 Å². The van der Waals surface area contributed by atoms with Crippen molar-refractivity contribution >= 4 is 114 Å². The Morgan fingerprint density at radius 2 is 0.871 bits per heavy atom. The fourth-order valence-corrected chi connectivity index (χ4v) is 11.0. The minimum absolute atomic E-state index is 0. The number of anilines is 12. The van der Waals surface area contributed by atoms with Gasteiger partial charge >= 0.3 is 0 Å². The number of rotatable bonds is 6. The van der Waals surface area contributed by atoms with Gasteiger partial charge in [0.2, 0.25) is 0 Å². The van der Waals surface area contributed by atoms with E-state index in [9.17, 15) is 0 Å². The van der Waals surface area contributed by atoms with Gasteiger partial charge < -0.3 is 30.4 Å². The number of fused-ring (bicyclic) bond motifs is 8. The Kier molecular flexibility index (Phi) is 13.0. The fraction of sp³-hybridized carbons (Fsp3) is 0. The quantitative estimate of drug-likeness (QED) is 0.122. The van der Waals surface area contributed by atoms with E-state index in [0.717, 1.165) is 67.9 Å². The van der Waals surface area contributed by atoms with E-state index in [1.165, 1.54) is 33.2 Å². The van der Waals surface area contributed by atoms with E-state index in [0.29, 0.717) is 11.4 Å². The number of hydrogen-bond acceptors (Lipinski definition) is 5. The molecule has 0 aliphatic carbocycles. The van der Waals surface area contributed by atoms with Crippen molar-refractivity contribution in [1.29, 1.82) is 0 Å². The van der Waals surface area contributed by atoms with Gasteiger partial charge in [0.15, 0.2) is 0 Å². The van der Waals surface area contributed by atoms with Crippen LogP contribution in [0.4, 0.5) is 68.2 Å². The van der Waals surface area contributed by atoms with E-state index in [2.05, 4.69) is 226 Å². The molecule has 10 aromatic carbocycles. The van der Waals surface area contributed by atoms with Gasteiger partial charge in [0.05, 0.1) is 0 Å². The maximum Gasteiger partial charge on any atom is 0.252 e. The zero-order chi connectivity index (χ0) is 44.0. The second kappa shape index (κ2) is 19.3. The van der Waals surface area contributed by atoms with Gasteiger partial charge in [-0.3, -0.25) is 6.07 Å². The van der Waals surface area contributed by atoms with Gasteiger partial charge in [-0.05, 0) is 83.1 Å². The van der Waals surface area contributed by atoms with Gasteiger partial charge in [0.25, 0.3) is 6.71 Å². The van der Waals surface area contributed by atoms with Crippen LogP contribution in [0.5, 0.6) is 11.5 Å². The van der Waals surface area contributed by atoms with Gasteiger partial charge in [0.1, 0.15) is 12.5 Å². The van der Waals surface area contributed by atoms with Crippen molar-refractivity contribution in [3.63, 3.8) is 0 Å². The van der Waals surface area contributed by atoms with Crippen LogP contribution in [0.15, 0.2) is 218 Å². The molecule has 14 rings (SSSR count). The molecule has 0 saturated heterocycles. The Balaban J connectivity index is 0.00000178. The molecule has 3 radical (unpaired) electrons. The Labute approximate surface area is 485 Å². The summed E-state index contributed by atoms with van der Waals surface area (Å²) < 4.78 is 7.02. The van der Waals surface area contributed by atoms with Crippen molar-refractivity contribution in [2.24, 2.45) is 0 Å². The van der Waals surface area contributed by atoms with E-state index < -0.39 is 0 Å². The molecule has 0 atom stereocenters. The number of nitrogens with zero attached hydrogens (tertiary/aromatic N) is 4. The SMILES string of the molecule is [Y].[Y].[Y].[c-]1ccccc1N(c1[c-]c2c3c([c-]1)N(c1ccccc1)c1cc4c(cc1B3c1ccccc1O2)B1c2ccccc2N(c2ccccc2)c2cccc(c21)N4c1ccccc1)c1[c-]cccc1. The Bertz CT molecular complexity index is 3520. The first-order valence-electron chi connectivity index (χ1n) is 22.8. The first kappa shape index (κ1) is 47.0. The average Bonchev–Trinajstić information content (AvgIpc) is 3.39. The van der Waals surface area contributed by atoms with E-state index in [1.807, 2.05) is 36.4 Å². The van der Waals surface area contributed by atoms with E-state index >= 15 is 0 Å². The molecule has 0 amide bonds. The maximum atomic E-state index is 7.02. The molecule has 0 saturated carbocycles. The van der Waals surface area contributed by atoms with Gasteiger partial charge in [-0.1, -0.05) is 131 Å². The normalized spacial score (nSPS) is 12.8. The summed E-state index contributed by atoms with van der Waals surface area (Å²) in [5.41, 5.74) is 19.4. The first-order valence-corrected chi connectivity index (χ1v) is 22.8. The monoisotopic (exact) mass is 1120 g/mol. The number of ether oxygens (including phenoxy) is 1. The third kappa shape index (κ3) is 7.46. The number of para-hydroxylation sites is 7. The first-order chi connectivity index (χ1) is 33.3. The molecule has 10 heteroatoms. The van der Waals surface area contributed by atoms with Gasteiger partial charge in [-0.2, -0.15) is 59.9 Å². The van der Waals surface area contributed by atoms with Crippen LogP contribution < -0.4 is 57.1 Å². The molecule has 4 aliphatic rings. The summed E-state index contributed by atoms with van der Waals surface area (Å²) in [6.45, 7) is -0.236. The second-order valence-electron chi connectivity index (χ2n) is 17.3. The Morgan fingerprint density at radius 3 is 1.47 bits per heavy atom. The summed E-state index contributed by atoms with van der Waals surface area (Å²) in [6, 6.07) is 92.3. The van der Waals surface area contributed by atoms with Crippen LogP contribution in [0.1, 0.15) is 0 Å². The third-order valence-corrected chi connectivity index (χ3v) is 13.7. The largest absolute Gasteiger partial charge is 0.508 e. The van der Waals surface area contributed by atoms with Crippen molar-refractivity contribution in [2.45, 2.75) is 0 Å². The van der Waals surface area contributed by atoms with Crippen LogP contribution in [0.25, 0.3) is 0 Å². The predicted octanol–water partition coefficient (Wildman–Crippen LogP) is 10.8. The van der Waals surface area contributed by atoms with Crippen LogP contribution >= 0.6 is 0 Å². The molecule has 4 aliphatic heterocycles. The van der Waals surface area contributed by atoms with Gasteiger partial charge in [-0.15, -0.1) is 12.1 Å². The van der Waals surface area contributed by atoms with E-state index in [1.54, 1.807) is 0 Å². The molecule has 10 aromatic rings. The molecular formula is C60H36B2N4OY3-4. The van der Waals surface area contributed by atoms with Gasteiger partial charge in [0, 0.05) is 144 Å². The van der Waals surface area contributed by atoms with Crippen molar-refractivity contribution < 1.29 is 103 Å². The molecule has 0 fully saturated rings. The molecule has 70 heavy (non-hydrogen) atoms. The zero-order valence-electron chi connectivity index (χ0n) is 37.9. The smallest absolute Gasteiger partial charge is 0.252 e. The van der Waals surface area contributed by atoms with Crippen LogP contribution in [-0.4, -0.2) is 13.4 Å². The van der Waals surface area contributed by atoms with E-state index in [4.69, 9.17) is 4.74 Å². The maximum absolute atomic E-state index is 7.02. The molecule has 0 aromatic heterocycles. The zero-order valence-corrected chi connectivity index (χ0v) is 46.4. The third-order valence-electron chi connectivity index (χ3n) is 13.7. The number of benzene rings is 10. The van der Waals surface area contributed by atoms with Crippen molar-refractivity contribution in [1.82, 2.24) is 0 Å². The Morgan fingerprint density at radius 1 is 0.386 bits per heavy atom. The molecule has 0 bridgehead atoms. The van der Waals surface area contributed by atoms with Crippen molar-refractivity contribution in [2.75, 3.05) is 19.6 Å². The number of hydrogen-bond donors (Lipinski definition) is 0. The minimum Gasteiger partial charge on any atom is -0.508 e. The predicted molar refractivity (Wildman–Crippen MR) is 276 cm³/mol. The summed E-state index contributed by atoms with van der Waals surface area (Å²) in [6.07, 6.45) is 0. The fourth-order valence-electron chi connectivity index (χ4n) is 11.0. The van der Waals surface area contributed by atoms with Crippen LogP contribution in [0.2, 0.25) is 0 Å². The molecule has 0 spiro atoms. The van der Waals surface area contributed by atoms with Crippen molar-refractivity contribution in [3.05, 3.63) is 243 Å². The standard InChI is InChI=1S/C60H36B2N4O.3Y/c1-6-21-41(22-7-1)63(42-23-8-2-9-24-42)46-37-56-60-58(38-46)67-57-36-19-17-32-48(57)62(60)50-39-49-54(40-55(50)66(56)45-29-14-5-15-30-45)65(44-27-12-4-13-28-44)53-35-20-34-52-59(53)61(49)47-31-16-18-33-51(47)64(52)43-25-10-3-11-26-43;;;/h1-21,23,25-36,39-40H;;;/q-4;;;. The topological polar surface area (TPSA) is 22.2 Å². The average molecular weight is 1120 g/mol. The molecular weight excluding hydrogens is 1080 g/mol. The molecule has 0 unspecified atom stereocenters. The molecule has 321 valence electrons. The van der Waals surface area contributed by atoms with Crippen molar-refractivity contribution in [3.8, 4) is 11.5 Å². The van der Waals surface area contributed by atoms with Crippen LogP contribution in [0, 0.1) is 24.3 Å². The summed E-state index contributed by atoms with van der Waals surface area (Å²) in [5.74, 6) is 1.49. The van der Waals surface area contributed by atoms with E-state index in [-0.39, 0.29) is 112 Å². The molecule has 0 N–H and O–H groups in total. The second-order valence-corrected chi connectivity index (χ2v) is 17.3. The molecule has 5 nitrogen and oxygen atoms in total. The summed E-state index contributed by atoms with van der Waals surface area (Å²) >= 11 is 0. The Hall–Kier alpha value is -5.36.